The van der Waals surface area contributed by atoms with Crippen LogP contribution >= 0.6 is 0 Å². The molecule has 0 radical (unpaired) electrons. The van der Waals surface area contributed by atoms with Gasteiger partial charge in [-0.3, -0.25) is 0 Å². The molecule has 1 aromatic carbocycles. The molecule has 0 spiro atoms. The normalized spacial score (nSPS) is 23.1. The highest BCUT2D eigenvalue weighted by atomic mass is 15.1. The average molecular weight is 246 g/mol. The quantitative estimate of drug-likeness (QED) is 0.882. The number of anilines is 1. The van der Waals surface area contributed by atoms with Gasteiger partial charge in [-0.1, -0.05) is 31.5 Å². The largest absolute Gasteiger partial charge is 0.371 e. The molecular formula is C16H26N2. The van der Waals surface area contributed by atoms with E-state index in [1.165, 1.54) is 24.2 Å². The van der Waals surface area contributed by atoms with Crippen molar-refractivity contribution in [3.05, 3.63) is 29.8 Å². The first kappa shape index (κ1) is 13.4. The van der Waals surface area contributed by atoms with Crippen molar-refractivity contribution >= 4 is 5.69 Å². The van der Waals surface area contributed by atoms with Gasteiger partial charge < -0.3 is 10.2 Å². The topological polar surface area (TPSA) is 15.3 Å². The molecule has 1 aliphatic rings. The maximum Gasteiger partial charge on any atom is 0.0366 e. The third kappa shape index (κ3) is 2.86. The minimum atomic E-state index is 0.381. The van der Waals surface area contributed by atoms with E-state index in [1.807, 2.05) is 0 Å². The number of aryl methyl sites for hydroxylation is 1. The summed E-state index contributed by atoms with van der Waals surface area (Å²) in [7, 11) is 2.06. The van der Waals surface area contributed by atoms with E-state index in [1.54, 1.807) is 0 Å². The highest BCUT2D eigenvalue weighted by Gasteiger charge is 2.35. The molecule has 0 aliphatic carbocycles. The van der Waals surface area contributed by atoms with Gasteiger partial charge in [0, 0.05) is 18.8 Å². The molecule has 1 atom stereocenters. The summed E-state index contributed by atoms with van der Waals surface area (Å²) in [5.41, 5.74) is 3.09. The molecule has 2 heteroatoms. The van der Waals surface area contributed by atoms with Crippen molar-refractivity contribution in [3.63, 3.8) is 0 Å². The molecule has 1 fully saturated rings. The first-order chi connectivity index (χ1) is 8.53. The Morgan fingerprint density at radius 3 is 2.50 bits per heavy atom. The van der Waals surface area contributed by atoms with Crippen LogP contribution < -0.4 is 10.2 Å². The minimum Gasteiger partial charge on any atom is -0.371 e. The summed E-state index contributed by atoms with van der Waals surface area (Å²) in [6.07, 6.45) is 1.28. The molecule has 1 heterocycles. The molecule has 100 valence electrons. The predicted octanol–water partition coefficient (Wildman–Crippen LogP) is 3.07. The number of hydrogen-bond donors (Lipinski definition) is 1. The van der Waals surface area contributed by atoms with Crippen LogP contribution in [-0.2, 0) is 0 Å². The van der Waals surface area contributed by atoms with Gasteiger partial charge in [0.05, 0.1) is 0 Å². The standard InChI is InChI=1S/C16H26N2/c1-13-5-7-15(8-6-13)18-10-9-14(11-17-4)16(2,3)12-18/h5-8,14,17H,9-12H2,1-4H3. The van der Waals surface area contributed by atoms with Gasteiger partial charge in [0.25, 0.3) is 0 Å². The Hall–Kier alpha value is -1.02. The lowest BCUT2D eigenvalue weighted by Gasteiger charge is -2.45. The van der Waals surface area contributed by atoms with E-state index in [0.717, 1.165) is 19.0 Å². The van der Waals surface area contributed by atoms with Crippen molar-refractivity contribution in [2.24, 2.45) is 11.3 Å². The molecule has 2 nitrogen and oxygen atoms in total. The number of piperidine rings is 1. The molecule has 0 bridgehead atoms. The maximum absolute atomic E-state index is 3.34. The van der Waals surface area contributed by atoms with Crippen molar-refractivity contribution in [1.82, 2.24) is 5.32 Å². The van der Waals surface area contributed by atoms with Crippen LogP contribution in [0.15, 0.2) is 24.3 Å². The Balaban J connectivity index is 2.08. The van der Waals surface area contributed by atoms with Gasteiger partial charge >= 0.3 is 0 Å². The summed E-state index contributed by atoms with van der Waals surface area (Å²) in [6, 6.07) is 8.93. The van der Waals surface area contributed by atoms with Crippen LogP contribution in [0.1, 0.15) is 25.8 Å². The van der Waals surface area contributed by atoms with Gasteiger partial charge in [0.1, 0.15) is 0 Å². The zero-order chi connectivity index (χ0) is 13.2. The van der Waals surface area contributed by atoms with E-state index in [4.69, 9.17) is 0 Å². The minimum absolute atomic E-state index is 0.381. The average Bonchev–Trinajstić information content (AvgIpc) is 2.32. The van der Waals surface area contributed by atoms with Crippen molar-refractivity contribution in [2.45, 2.75) is 27.2 Å². The Morgan fingerprint density at radius 1 is 1.28 bits per heavy atom. The van der Waals surface area contributed by atoms with Gasteiger partial charge in [-0.25, -0.2) is 0 Å². The van der Waals surface area contributed by atoms with Crippen molar-refractivity contribution in [1.29, 1.82) is 0 Å². The smallest absolute Gasteiger partial charge is 0.0366 e. The van der Waals surface area contributed by atoms with Crippen LogP contribution in [0.2, 0.25) is 0 Å². The number of hydrogen-bond acceptors (Lipinski definition) is 2. The van der Waals surface area contributed by atoms with Gasteiger partial charge in [-0.05, 0) is 50.4 Å². The second-order valence-electron chi connectivity index (χ2n) is 6.29. The van der Waals surface area contributed by atoms with Crippen LogP contribution in [0.25, 0.3) is 0 Å². The fraction of sp³-hybridized carbons (Fsp3) is 0.625. The van der Waals surface area contributed by atoms with E-state index in [2.05, 4.69) is 62.3 Å². The molecule has 0 amide bonds. The molecule has 18 heavy (non-hydrogen) atoms. The van der Waals surface area contributed by atoms with E-state index in [9.17, 15) is 0 Å². The first-order valence-corrected chi connectivity index (χ1v) is 6.99. The Kier molecular flexibility index (Phi) is 3.96. The lowest BCUT2D eigenvalue weighted by Crippen LogP contribution is -2.48. The summed E-state index contributed by atoms with van der Waals surface area (Å²) >= 11 is 0. The Morgan fingerprint density at radius 2 is 1.94 bits per heavy atom. The van der Waals surface area contributed by atoms with Crippen LogP contribution in [0.5, 0.6) is 0 Å². The van der Waals surface area contributed by atoms with E-state index >= 15 is 0 Å². The predicted molar refractivity (Wildman–Crippen MR) is 79.2 cm³/mol. The van der Waals surface area contributed by atoms with Crippen molar-refractivity contribution < 1.29 is 0 Å². The Labute approximate surface area is 111 Å². The highest BCUT2D eigenvalue weighted by Crippen LogP contribution is 2.36. The zero-order valence-corrected chi connectivity index (χ0v) is 12.2. The van der Waals surface area contributed by atoms with Crippen LogP contribution in [0, 0.1) is 18.3 Å². The highest BCUT2D eigenvalue weighted by molar-refractivity contribution is 5.48. The fourth-order valence-electron chi connectivity index (χ4n) is 3.00. The van der Waals surface area contributed by atoms with Gasteiger partial charge in [0.2, 0.25) is 0 Å². The summed E-state index contributed by atoms with van der Waals surface area (Å²) in [6.45, 7) is 10.4. The maximum atomic E-state index is 3.34. The molecule has 1 unspecified atom stereocenters. The monoisotopic (exact) mass is 246 g/mol. The summed E-state index contributed by atoms with van der Waals surface area (Å²) < 4.78 is 0. The van der Waals surface area contributed by atoms with Crippen LogP contribution in [0.3, 0.4) is 0 Å². The van der Waals surface area contributed by atoms with Crippen molar-refractivity contribution in [2.75, 3.05) is 31.6 Å². The number of rotatable bonds is 3. The summed E-state index contributed by atoms with van der Waals surface area (Å²) in [5.74, 6) is 0.782. The van der Waals surface area contributed by atoms with Crippen molar-refractivity contribution in [3.8, 4) is 0 Å². The number of benzene rings is 1. The molecule has 1 saturated heterocycles. The van der Waals surface area contributed by atoms with E-state index in [0.29, 0.717) is 5.41 Å². The lowest BCUT2D eigenvalue weighted by atomic mass is 9.73. The van der Waals surface area contributed by atoms with Gasteiger partial charge in [-0.2, -0.15) is 0 Å². The first-order valence-electron chi connectivity index (χ1n) is 6.99. The molecule has 1 aliphatic heterocycles. The summed E-state index contributed by atoms with van der Waals surface area (Å²) in [5, 5.41) is 3.34. The molecular weight excluding hydrogens is 220 g/mol. The number of nitrogens with one attached hydrogen (secondary N) is 1. The van der Waals surface area contributed by atoms with E-state index < -0.39 is 0 Å². The Bertz CT molecular complexity index is 381. The second-order valence-corrected chi connectivity index (χ2v) is 6.29. The van der Waals surface area contributed by atoms with Crippen LogP contribution in [-0.4, -0.2) is 26.7 Å². The third-order valence-electron chi connectivity index (χ3n) is 4.30. The lowest BCUT2D eigenvalue weighted by molar-refractivity contribution is 0.174. The molecule has 1 aromatic rings. The SMILES string of the molecule is CNCC1CCN(c2ccc(C)cc2)CC1(C)C. The van der Waals surface area contributed by atoms with Gasteiger partial charge in [0.15, 0.2) is 0 Å². The van der Waals surface area contributed by atoms with E-state index in [-0.39, 0.29) is 0 Å². The second kappa shape index (κ2) is 5.31. The van der Waals surface area contributed by atoms with Crippen LogP contribution in [0.4, 0.5) is 5.69 Å². The molecule has 2 rings (SSSR count). The zero-order valence-electron chi connectivity index (χ0n) is 12.2. The molecule has 1 N–H and O–H groups in total. The fourth-order valence-corrected chi connectivity index (χ4v) is 3.00. The summed E-state index contributed by atoms with van der Waals surface area (Å²) in [4.78, 5) is 2.53. The molecule has 0 saturated carbocycles. The number of nitrogens with zero attached hydrogens (tertiary/aromatic N) is 1. The third-order valence-corrected chi connectivity index (χ3v) is 4.30. The van der Waals surface area contributed by atoms with Gasteiger partial charge in [-0.15, -0.1) is 0 Å². The molecule has 0 aromatic heterocycles.